The molecule has 1 heterocycles. The predicted octanol–water partition coefficient (Wildman–Crippen LogP) is 1.13. The molecule has 1 aliphatic heterocycles. The van der Waals surface area contributed by atoms with Crippen molar-refractivity contribution >= 4 is 0 Å². The molecule has 0 saturated carbocycles. The Morgan fingerprint density at radius 1 is 1.41 bits per heavy atom. The van der Waals surface area contributed by atoms with E-state index in [1.54, 1.807) is 7.11 Å². The summed E-state index contributed by atoms with van der Waals surface area (Å²) in [5.74, 6) is 0.881. The molecule has 0 spiro atoms. The van der Waals surface area contributed by atoms with Crippen LogP contribution in [-0.2, 0) is 11.3 Å². The van der Waals surface area contributed by atoms with Crippen LogP contribution in [0.4, 0.5) is 0 Å². The average Bonchev–Trinajstić information content (AvgIpc) is 2.38. The van der Waals surface area contributed by atoms with Crippen LogP contribution >= 0.6 is 0 Å². The molecule has 93 valence electrons. The summed E-state index contributed by atoms with van der Waals surface area (Å²) in [5.41, 5.74) is 1.21. The predicted molar refractivity (Wildman–Crippen MR) is 66.0 cm³/mol. The van der Waals surface area contributed by atoms with Gasteiger partial charge in [0.1, 0.15) is 12.0 Å². The lowest BCUT2D eigenvalue weighted by atomic mass is 10.2. The second-order valence-electron chi connectivity index (χ2n) is 4.17. The van der Waals surface area contributed by atoms with Gasteiger partial charge in [0.05, 0.1) is 19.8 Å². The van der Waals surface area contributed by atoms with Crippen molar-refractivity contribution in [3.8, 4) is 5.75 Å². The first-order chi connectivity index (χ1) is 8.29. The van der Waals surface area contributed by atoms with E-state index in [0.29, 0.717) is 6.61 Å². The van der Waals surface area contributed by atoms with Crippen molar-refractivity contribution in [3.63, 3.8) is 0 Å². The summed E-state index contributed by atoms with van der Waals surface area (Å²) < 4.78 is 10.7. The molecule has 2 atom stereocenters. The number of nitrogens with zero attached hydrogens (tertiary/aromatic N) is 1. The van der Waals surface area contributed by atoms with Gasteiger partial charge in [-0.05, 0) is 24.6 Å². The highest BCUT2D eigenvalue weighted by Gasteiger charge is 2.21. The van der Waals surface area contributed by atoms with Gasteiger partial charge in [0.25, 0.3) is 0 Å². The van der Waals surface area contributed by atoms with Gasteiger partial charge in [0.15, 0.2) is 0 Å². The first-order valence-electron chi connectivity index (χ1n) is 5.94. The van der Waals surface area contributed by atoms with E-state index in [2.05, 4.69) is 29.7 Å². The Balaban J connectivity index is 1.84. The quantitative estimate of drug-likeness (QED) is 0.851. The molecule has 4 heteroatoms. The molecular formula is C13H19N2O2. The molecule has 0 aliphatic carbocycles. The molecule has 1 aromatic rings. The Morgan fingerprint density at radius 2 is 2.18 bits per heavy atom. The van der Waals surface area contributed by atoms with Crippen molar-refractivity contribution < 1.29 is 9.47 Å². The number of benzene rings is 1. The summed E-state index contributed by atoms with van der Waals surface area (Å²) in [7, 11) is 1.67. The van der Waals surface area contributed by atoms with Gasteiger partial charge in [-0.3, -0.25) is 5.32 Å². The lowest BCUT2D eigenvalue weighted by Crippen LogP contribution is -2.49. The summed E-state index contributed by atoms with van der Waals surface area (Å²) >= 11 is 0. The minimum absolute atomic E-state index is 0.0332. The van der Waals surface area contributed by atoms with Crippen molar-refractivity contribution in [1.82, 2.24) is 10.6 Å². The zero-order chi connectivity index (χ0) is 12.1. The third-order valence-corrected chi connectivity index (χ3v) is 2.91. The monoisotopic (exact) mass is 235 g/mol. The summed E-state index contributed by atoms with van der Waals surface area (Å²) in [6.45, 7) is 4.38. The standard InChI is InChI=1S/C13H19N2O2/c1-10-13(17-8-7-14-10)15-9-11-3-5-12(16-2)6-4-11/h3-6,10,13,15H,7-9H2,1-2H3. The Morgan fingerprint density at radius 3 is 2.82 bits per heavy atom. The van der Waals surface area contributed by atoms with E-state index < -0.39 is 0 Å². The van der Waals surface area contributed by atoms with Crippen LogP contribution in [0.25, 0.3) is 0 Å². The lowest BCUT2D eigenvalue weighted by Gasteiger charge is -2.29. The first kappa shape index (κ1) is 12.4. The van der Waals surface area contributed by atoms with E-state index in [0.717, 1.165) is 18.8 Å². The highest BCUT2D eigenvalue weighted by atomic mass is 16.5. The molecule has 1 fully saturated rings. The number of hydrogen-bond donors (Lipinski definition) is 1. The van der Waals surface area contributed by atoms with Crippen molar-refractivity contribution in [3.05, 3.63) is 29.8 Å². The van der Waals surface area contributed by atoms with E-state index >= 15 is 0 Å². The fourth-order valence-corrected chi connectivity index (χ4v) is 1.86. The zero-order valence-corrected chi connectivity index (χ0v) is 10.3. The zero-order valence-electron chi connectivity index (χ0n) is 10.3. The number of hydrogen-bond acceptors (Lipinski definition) is 3. The van der Waals surface area contributed by atoms with Crippen molar-refractivity contribution in [2.75, 3.05) is 20.3 Å². The number of morpholine rings is 1. The molecule has 1 aromatic carbocycles. The molecule has 2 rings (SSSR count). The maximum absolute atomic E-state index is 5.63. The Kier molecular flexibility index (Phi) is 4.36. The smallest absolute Gasteiger partial charge is 0.125 e. The Labute approximate surface area is 102 Å². The van der Waals surface area contributed by atoms with Gasteiger partial charge in [-0.25, -0.2) is 5.32 Å². The second kappa shape index (κ2) is 6.00. The molecule has 17 heavy (non-hydrogen) atoms. The third kappa shape index (κ3) is 3.43. The Hall–Kier alpha value is -1.10. The van der Waals surface area contributed by atoms with Gasteiger partial charge in [0, 0.05) is 13.1 Å². The van der Waals surface area contributed by atoms with Gasteiger partial charge in [0.2, 0.25) is 0 Å². The van der Waals surface area contributed by atoms with Crippen LogP contribution in [0.2, 0.25) is 0 Å². The van der Waals surface area contributed by atoms with Crippen LogP contribution in [-0.4, -0.2) is 32.5 Å². The van der Waals surface area contributed by atoms with Crippen LogP contribution in [0, 0.1) is 0 Å². The first-order valence-corrected chi connectivity index (χ1v) is 5.94. The molecule has 1 aliphatic rings. The topological polar surface area (TPSA) is 44.6 Å². The van der Waals surface area contributed by atoms with Crippen LogP contribution in [0.3, 0.4) is 0 Å². The van der Waals surface area contributed by atoms with Crippen molar-refractivity contribution in [1.29, 1.82) is 0 Å². The molecule has 1 saturated heterocycles. The molecule has 4 nitrogen and oxygen atoms in total. The normalized spacial score (nSPS) is 24.6. The van der Waals surface area contributed by atoms with E-state index in [-0.39, 0.29) is 12.3 Å². The number of methoxy groups -OCH3 is 1. The highest BCUT2D eigenvalue weighted by molar-refractivity contribution is 5.27. The summed E-state index contributed by atoms with van der Waals surface area (Å²) in [4.78, 5) is 0. The highest BCUT2D eigenvalue weighted by Crippen LogP contribution is 2.11. The van der Waals surface area contributed by atoms with Gasteiger partial charge in [-0.2, -0.15) is 0 Å². The van der Waals surface area contributed by atoms with Gasteiger partial charge in [-0.15, -0.1) is 0 Å². The second-order valence-corrected chi connectivity index (χ2v) is 4.17. The minimum atomic E-state index is 0.0332. The summed E-state index contributed by atoms with van der Waals surface area (Å²) in [6.07, 6.45) is 0.0332. The molecule has 2 unspecified atom stereocenters. The molecule has 1 radical (unpaired) electrons. The molecule has 0 bridgehead atoms. The van der Waals surface area contributed by atoms with Crippen LogP contribution in [0.1, 0.15) is 12.5 Å². The maximum Gasteiger partial charge on any atom is 0.125 e. The number of nitrogens with one attached hydrogen (secondary N) is 1. The molecule has 1 N–H and O–H groups in total. The minimum Gasteiger partial charge on any atom is -0.497 e. The molecular weight excluding hydrogens is 216 g/mol. The van der Waals surface area contributed by atoms with Gasteiger partial charge < -0.3 is 9.47 Å². The van der Waals surface area contributed by atoms with E-state index in [9.17, 15) is 0 Å². The Bertz CT molecular complexity index is 340. The molecule has 0 amide bonds. The summed E-state index contributed by atoms with van der Waals surface area (Å²) in [6, 6.07) is 8.26. The lowest BCUT2D eigenvalue weighted by molar-refractivity contribution is -0.0226. The average molecular weight is 235 g/mol. The molecule has 0 aromatic heterocycles. The third-order valence-electron chi connectivity index (χ3n) is 2.91. The van der Waals surface area contributed by atoms with Gasteiger partial charge >= 0.3 is 0 Å². The van der Waals surface area contributed by atoms with E-state index in [1.807, 2.05) is 12.1 Å². The fourth-order valence-electron chi connectivity index (χ4n) is 1.86. The van der Waals surface area contributed by atoms with Crippen molar-refractivity contribution in [2.45, 2.75) is 25.7 Å². The van der Waals surface area contributed by atoms with Crippen LogP contribution < -0.4 is 15.4 Å². The van der Waals surface area contributed by atoms with Crippen molar-refractivity contribution in [2.24, 2.45) is 0 Å². The largest absolute Gasteiger partial charge is 0.497 e. The van der Waals surface area contributed by atoms with Crippen LogP contribution in [0.15, 0.2) is 24.3 Å². The van der Waals surface area contributed by atoms with Gasteiger partial charge in [-0.1, -0.05) is 12.1 Å². The fraction of sp³-hybridized carbons (Fsp3) is 0.538. The SMILES string of the molecule is COc1ccc(CNC2OCC[N]C2C)cc1. The van der Waals surface area contributed by atoms with E-state index in [4.69, 9.17) is 9.47 Å². The number of ether oxygens (including phenoxy) is 2. The maximum atomic E-state index is 5.63. The summed E-state index contributed by atoms with van der Waals surface area (Å²) in [5, 5.41) is 7.81. The van der Waals surface area contributed by atoms with E-state index in [1.165, 1.54) is 5.56 Å². The van der Waals surface area contributed by atoms with Crippen LogP contribution in [0.5, 0.6) is 5.75 Å². The number of rotatable bonds is 4.